The lowest BCUT2D eigenvalue weighted by Gasteiger charge is -2.26. The molecule has 0 aliphatic rings. The summed E-state index contributed by atoms with van der Waals surface area (Å²) in [5, 5.41) is 2.81. The molecule has 1 aromatic carbocycles. The number of hydrogen-bond donors (Lipinski definition) is 2. The van der Waals surface area contributed by atoms with E-state index in [2.05, 4.69) is 21.2 Å². The number of carbonyl (C=O) groups is 1. The van der Waals surface area contributed by atoms with Crippen LogP contribution in [0.1, 0.15) is 20.8 Å². The van der Waals surface area contributed by atoms with Crippen LogP contribution in [0.4, 0.5) is 5.69 Å². The minimum Gasteiger partial charge on any atom is -0.324 e. The van der Waals surface area contributed by atoms with Crippen LogP contribution >= 0.6 is 15.9 Å². The van der Waals surface area contributed by atoms with Crippen LogP contribution in [-0.4, -0.2) is 11.9 Å². The SMILES string of the molecule is CC(C)(C)C(N)C(=O)Nc1ccccc1Br. The lowest BCUT2D eigenvalue weighted by atomic mass is 9.87. The first kappa shape index (κ1) is 13.2. The molecule has 1 amide bonds. The Bertz CT molecular complexity index is 385. The lowest BCUT2D eigenvalue weighted by molar-refractivity contribution is -0.119. The second-order valence-corrected chi connectivity index (χ2v) is 5.67. The number of hydrogen-bond acceptors (Lipinski definition) is 2. The number of benzene rings is 1. The third-order valence-electron chi connectivity index (χ3n) is 2.35. The van der Waals surface area contributed by atoms with Gasteiger partial charge >= 0.3 is 0 Å². The van der Waals surface area contributed by atoms with Crippen LogP contribution in [0.5, 0.6) is 0 Å². The molecule has 0 aliphatic carbocycles. The summed E-state index contributed by atoms with van der Waals surface area (Å²) < 4.78 is 0.851. The molecule has 1 rings (SSSR count). The molecular formula is C12H17BrN2O. The Balaban J connectivity index is 2.76. The summed E-state index contributed by atoms with van der Waals surface area (Å²) in [5.74, 6) is -0.167. The molecule has 3 nitrogen and oxygen atoms in total. The highest BCUT2D eigenvalue weighted by Crippen LogP contribution is 2.23. The highest BCUT2D eigenvalue weighted by Gasteiger charge is 2.27. The Hall–Kier alpha value is -0.870. The zero-order valence-corrected chi connectivity index (χ0v) is 11.3. The summed E-state index contributed by atoms with van der Waals surface area (Å²) in [7, 11) is 0. The maximum Gasteiger partial charge on any atom is 0.241 e. The minimum absolute atomic E-state index is 0.167. The largest absolute Gasteiger partial charge is 0.324 e. The van der Waals surface area contributed by atoms with Gasteiger partial charge in [-0.1, -0.05) is 32.9 Å². The van der Waals surface area contributed by atoms with E-state index in [4.69, 9.17) is 5.73 Å². The van der Waals surface area contributed by atoms with Crippen LogP contribution in [0, 0.1) is 5.41 Å². The Morgan fingerprint density at radius 3 is 2.44 bits per heavy atom. The average molecular weight is 285 g/mol. The van der Waals surface area contributed by atoms with E-state index < -0.39 is 6.04 Å². The lowest BCUT2D eigenvalue weighted by Crippen LogP contribution is -2.45. The number of amides is 1. The summed E-state index contributed by atoms with van der Waals surface area (Å²) >= 11 is 3.37. The first-order chi connectivity index (χ1) is 7.32. The van der Waals surface area contributed by atoms with Gasteiger partial charge in [-0.25, -0.2) is 0 Å². The molecule has 0 fully saturated rings. The zero-order valence-electron chi connectivity index (χ0n) is 9.75. The molecule has 0 saturated heterocycles. The highest BCUT2D eigenvalue weighted by atomic mass is 79.9. The van der Waals surface area contributed by atoms with E-state index in [-0.39, 0.29) is 11.3 Å². The van der Waals surface area contributed by atoms with E-state index in [1.54, 1.807) is 0 Å². The van der Waals surface area contributed by atoms with Gasteiger partial charge in [0.2, 0.25) is 5.91 Å². The summed E-state index contributed by atoms with van der Waals surface area (Å²) in [6.45, 7) is 5.83. The monoisotopic (exact) mass is 284 g/mol. The first-order valence-electron chi connectivity index (χ1n) is 5.13. The molecule has 0 aromatic heterocycles. The normalized spacial score (nSPS) is 13.3. The van der Waals surface area contributed by atoms with Gasteiger partial charge in [0.15, 0.2) is 0 Å². The maximum atomic E-state index is 11.9. The van der Waals surface area contributed by atoms with Gasteiger partial charge in [0.25, 0.3) is 0 Å². The van der Waals surface area contributed by atoms with Crippen molar-refractivity contribution >= 4 is 27.5 Å². The van der Waals surface area contributed by atoms with Crippen molar-refractivity contribution in [3.05, 3.63) is 28.7 Å². The molecule has 1 aromatic rings. The fourth-order valence-electron chi connectivity index (χ4n) is 1.17. The standard InChI is InChI=1S/C12H17BrN2O/c1-12(2,3)10(14)11(16)15-9-7-5-4-6-8(9)13/h4-7,10H,14H2,1-3H3,(H,15,16). The van der Waals surface area contributed by atoms with Crippen LogP contribution in [0.15, 0.2) is 28.7 Å². The smallest absolute Gasteiger partial charge is 0.241 e. The third-order valence-corrected chi connectivity index (χ3v) is 3.04. The van der Waals surface area contributed by atoms with Crippen LogP contribution in [-0.2, 0) is 4.79 Å². The van der Waals surface area contributed by atoms with Crippen molar-refractivity contribution < 1.29 is 4.79 Å². The van der Waals surface area contributed by atoms with E-state index in [1.807, 2.05) is 45.0 Å². The molecule has 3 N–H and O–H groups in total. The van der Waals surface area contributed by atoms with Gasteiger partial charge in [-0.3, -0.25) is 4.79 Å². The fourth-order valence-corrected chi connectivity index (χ4v) is 1.55. The highest BCUT2D eigenvalue weighted by molar-refractivity contribution is 9.10. The average Bonchev–Trinajstić information content (AvgIpc) is 2.19. The fraction of sp³-hybridized carbons (Fsp3) is 0.417. The minimum atomic E-state index is -0.528. The van der Waals surface area contributed by atoms with Crippen LogP contribution in [0.2, 0.25) is 0 Å². The van der Waals surface area contributed by atoms with Crippen molar-refractivity contribution in [3.8, 4) is 0 Å². The van der Waals surface area contributed by atoms with Crippen molar-refractivity contribution in [2.75, 3.05) is 5.32 Å². The molecule has 1 unspecified atom stereocenters. The van der Waals surface area contributed by atoms with E-state index >= 15 is 0 Å². The summed E-state index contributed by atoms with van der Waals surface area (Å²) in [4.78, 5) is 11.9. The Morgan fingerprint density at radius 1 is 1.38 bits per heavy atom. The second-order valence-electron chi connectivity index (χ2n) is 4.81. The van der Waals surface area contributed by atoms with Crippen LogP contribution in [0.25, 0.3) is 0 Å². The van der Waals surface area contributed by atoms with E-state index in [1.165, 1.54) is 0 Å². The van der Waals surface area contributed by atoms with Crippen molar-refractivity contribution in [2.45, 2.75) is 26.8 Å². The quantitative estimate of drug-likeness (QED) is 0.877. The number of rotatable bonds is 2. The molecule has 0 bridgehead atoms. The third kappa shape index (κ3) is 3.32. The van der Waals surface area contributed by atoms with Gasteiger partial charge in [-0.15, -0.1) is 0 Å². The van der Waals surface area contributed by atoms with E-state index in [9.17, 15) is 4.79 Å². The first-order valence-corrected chi connectivity index (χ1v) is 5.92. The molecule has 0 heterocycles. The molecular weight excluding hydrogens is 268 g/mol. The molecule has 0 spiro atoms. The van der Waals surface area contributed by atoms with E-state index in [0.29, 0.717) is 0 Å². The van der Waals surface area contributed by atoms with Gasteiger partial charge in [0.1, 0.15) is 0 Å². The Morgan fingerprint density at radius 2 is 1.94 bits per heavy atom. The molecule has 1 atom stereocenters. The summed E-state index contributed by atoms with van der Waals surface area (Å²) in [6.07, 6.45) is 0. The molecule has 0 radical (unpaired) electrons. The number of para-hydroxylation sites is 1. The van der Waals surface area contributed by atoms with Gasteiger partial charge in [0, 0.05) is 4.47 Å². The van der Waals surface area contributed by atoms with Gasteiger partial charge in [0.05, 0.1) is 11.7 Å². The number of nitrogens with two attached hydrogens (primary N) is 1. The van der Waals surface area contributed by atoms with Gasteiger partial charge in [-0.2, -0.15) is 0 Å². The number of carbonyl (C=O) groups excluding carboxylic acids is 1. The van der Waals surface area contributed by atoms with Crippen LogP contribution < -0.4 is 11.1 Å². The molecule has 0 aliphatic heterocycles. The molecule has 4 heteroatoms. The summed E-state index contributed by atoms with van der Waals surface area (Å²) in [6, 6.07) is 6.93. The molecule has 88 valence electrons. The Kier molecular flexibility index (Phi) is 4.10. The second kappa shape index (κ2) is 4.97. The molecule has 0 saturated carbocycles. The number of nitrogens with one attached hydrogen (secondary N) is 1. The van der Waals surface area contributed by atoms with Crippen molar-refractivity contribution in [1.82, 2.24) is 0 Å². The van der Waals surface area contributed by atoms with Gasteiger partial charge < -0.3 is 11.1 Å². The molecule has 16 heavy (non-hydrogen) atoms. The maximum absolute atomic E-state index is 11.9. The predicted molar refractivity (Wildman–Crippen MR) is 70.2 cm³/mol. The number of anilines is 1. The topological polar surface area (TPSA) is 55.1 Å². The van der Waals surface area contributed by atoms with Crippen molar-refractivity contribution in [3.63, 3.8) is 0 Å². The predicted octanol–water partition coefficient (Wildman–Crippen LogP) is 2.76. The number of halogens is 1. The van der Waals surface area contributed by atoms with E-state index in [0.717, 1.165) is 10.2 Å². The van der Waals surface area contributed by atoms with Crippen molar-refractivity contribution in [1.29, 1.82) is 0 Å². The zero-order chi connectivity index (χ0) is 12.3. The van der Waals surface area contributed by atoms with Gasteiger partial charge in [-0.05, 0) is 33.5 Å². The Labute approximate surface area is 105 Å². The van der Waals surface area contributed by atoms with Crippen LogP contribution in [0.3, 0.4) is 0 Å². The summed E-state index contributed by atoms with van der Waals surface area (Å²) in [5.41, 5.74) is 6.36. The van der Waals surface area contributed by atoms with Crippen molar-refractivity contribution in [2.24, 2.45) is 11.1 Å².